The molecule has 0 saturated heterocycles. The topological polar surface area (TPSA) is 55.1 Å². The molecule has 18 heavy (non-hydrogen) atoms. The van der Waals surface area contributed by atoms with Crippen molar-refractivity contribution in [1.29, 1.82) is 0 Å². The molecule has 2 rings (SSSR count). The van der Waals surface area contributed by atoms with Crippen molar-refractivity contribution < 1.29 is 4.79 Å². The normalized spacial score (nSPS) is 16.1. The third kappa shape index (κ3) is 2.70. The molecule has 1 fully saturated rings. The van der Waals surface area contributed by atoms with Crippen molar-refractivity contribution in [1.82, 2.24) is 5.32 Å². The Morgan fingerprint density at radius 3 is 2.67 bits per heavy atom. The van der Waals surface area contributed by atoms with Crippen LogP contribution in [0.3, 0.4) is 0 Å². The first-order chi connectivity index (χ1) is 8.50. The minimum Gasteiger partial charge on any atom is -0.392 e. The van der Waals surface area contributed by atoms with Gasteiger partial charge in [-0.3, -0.25) is 4.79 Å². The predicted molar refractivity (Wildman–Crippen MR) is 76.7 cm³/mol. The van der Waals surface area contributed by atoms with Crippen LogP contribution in [0.4, 0.5) is 0 Å². The summed E-state index contributed by atoms with van der Waals surface area (Å²) in [5.74, 6) is 0.345. The van der Waals surface area contributed by atoms with Crippen molar-refractivity contribution in [3.8, 4) is 0 Å². The van der Waals surface area contributed by atoms with E-state index in [-0.39, 0.29) is 11.9 Å². The first-order valence-corrected chi connectivity index (χ1v) is 6.58. The summed E-state index contributed by atoms with van der Waals surface area (Å²) in [6, 6.07) is 5.57. The summed E-state index contributed by atoms with van der Waals surface area (Å²) in [6.45, 7) is 3.95. The molecule has 1 aliphatic rings. The average molecular weight is 262 g/mol. The largest absolute Gasteiger partial charge is 0.392 e. The zero-order valence-electron chi connectivity index (χ0n) is 10.7. The maximum absolute atomic E-state index is 12.2. The highest BCUT2D eigenvalue weighted by Gasteiger charge is 2.34. The van der Waals surface area contributed by atoms with E-state index in [0.717, 1.165) is 24.0 Å². The zero-order chi connectivity index (χ0) is 13.3. The highest BCUT2D eigenvalue weighted by Crippen LogP contribution is 2.33. The highest BCUT2D eigenvalue weighted by atomic mass is 32.1. The number of rotatable bonds is 4. The monoisotopic (exact) mass is 262 g/mol. The van der Waals surface area contributed by atoms with E-state index in [0.29, 0.717) is 16.5 Å². The van der Waals surface area contributed by atoms with Gasteiger partial charge in [0.25, 0.3) is 5.91 Å². The minimum atomic E-state index is -0.160. The Balaban J connectivity index is 2.16. The van der Waals surface area contributed by atoms with E-state index in [1.54, 1.807) is 0 Å². The lowest BCUT2D eigenvalue weighted by molar-refractivity contribution is 0.0943. The number of hydrogen-bond donors (Lipinski definition) is 2. The highest BCUT2D eigenvalue weighted by molar-refractivity contribution is 7.80. The lowest BCUT2D eigenvalue weighted by Gasteiger charge is -2.18. The molecule has 0 spiro atoms. The summed E-state index contributed by atoms with van der Waals surface area (Å²) in [6.07, 6.45) is 2.18. The number of carbonyl (C=O) groups excluding carboxylic acids is 1. The molecule has 4 heteroatoms. The van der Waals surface area contributed by atoms with Crippen molar-refractivity contribution in [2.24, 2.45) is 11.7 Å². The molecule has 0 aromatic heterocycles. The van der Waals surface area contributed by atoms with Gasteiger partial charge in [-0.25, -0.2) is 0 Å². The van der Waals surface area contributed by atoms with Gasteiger partial charge in [-0.15, -0.1) is 0 Å². The van der Waals surface area contributed by atoms with Crippen LogP contribution in [0.15, 0.2) is 18.2 Å². The van der Waals surface area contributed by atoms with Gasteiger partial charge in [-0.2, -0.15) is 0 Å². The fraction of sp³-hybridized carbons (Fsp3) is 0.429. The number of nitrogens with two attached hydrogens (primary N) is 1. The quantitative estimate of drug-likeness (QED) is 0.817. The second kappa shape index (κ2) is 5.06. The van der Waals surface area contributed by atoms with Gasteiger partial charge in [-0.05, 0) is 49.8 Å². The van der Waals surface area contributed by atoms with E-state index < -0.39 is 0 Å². The summed E-state index contributed by atoms with van der Waals surface area (Å²) in [4.78, 5) is 12.6. The number of benzene rings is 1. The number of amides is 1. The van der Waals surface area contributed by atoms with Gasteiger partial charge in [0.05, 0.1) is 11.0 Å². The molecule has 0 aliphatic heterocycles. The summed E-state index contributed by atoms with van der Waals surface area (Å²) < 4.78 is 0. The number of nitrogens with one attached hydrogen (secondary N) is 1. The number of carbonyl (C=O) groups is 1. The second-order valence-electron chi connectivity index (χ2n) is 4.94. The Bertz CT molecular complexity index is 495. The van der Waals surface area contributed by atoms with Crippen molar-refractivity contribution >= 4 is 23.1 Å². The molecule has 0 heterocycles. The lowest BCUT2D eigenvalue weighted by Crippen LogP contribution is -2.45. The predicted octanol–water partition coefficient (Wildman–Crippen LogP) is 2.10. The van der Waals surface area contributed by atoms with Gasteiger partial charge in [-0.1, -0.05) is 24.4 Å². The van der Waals surface area contributed by atoms with Crippen molar-refractivity contribution in [2.45, 2.75) is 32.7 Å². The Kier molecular flexibility index (Phi) is 3.66. The Hall–Kier alpha value is -1.42. The molecule has 1 aromatic rings. The first-order valence-electron chi connectivity index (χ1n) is 6.17. The third-order valence-corrected chi connectivity index (χ3v) is 3.79. The molecule has 3 N–H and O–H groups in total. The molecule has 1 amide bonds. The molecule has 1 unspecified atom stereocenters. The maximum Gasteiger partial charge on any atom is 0.252 e. The van der Waals surface area contributed by atoms with E-state index in [1.165, 1.54) is 0 Å². The van der Waals surface area contributed by atoms with Gasteiger partial charge in [0, 0.05) is 5.56 Å². The molecular formula is C14H18N2OS. The van der Waals surface area contributed by atoms with Crippen molar-refractivity contribution in [2.75, 3.05) is 0 Å². The molecule has 0 radical (unpaired) electrons. The molecule has 96 valence electrons. The van der Waals surface area contributed by atoms with Crippen LogP contribution < -0.4 is 11.1 Å². The standard InChI is InChI=1S/C14H18N2OS/c1-8-4-3-5-11(9(8)2)14(17)16-12(13(15)18)10-6-7-10/h3-5,10,12H,6-7H2,1-2H3,(H2,15,18)(H,16,17). The van der Waals surface area contributed by atoms with Crippen LogP contribution in [-0.4, -0.2) is 16.9 Å². The summed E-state index contributed by atoms with van der Waals surface area (Å²) in [7, 11) is 0. The fourth-order valence-electron chi connectivity index (χ4n) is 2.07. The smallest absolute Gasteiger partial charge is 0.252 e. The summed E-state index contributed by atoms with van der Waals surface area (Å²) in [5, 5.41) is 2.96. The van der Waals surface area contributed by atoms with Gasteiger partial charge < -0.3 is 11.1 Å². The van der Waals surface area contributed by atoms with Crippen LogP contribution >= 0.6 is 12.2 Å². The van der Waals surface area contributed by atoms with Gasteiger partial charge in [0.15, 0.2) is 0 Å². The van der Waals surface area contributed by atoms with Gasteiger partial charge in [0.2, 0.25) is 0 Å². The minimum absolute atomic E-state index is 0.0825. The van der Waals surface area contributed by atoms with Crippen molar-refractivity contribution in [3.05, 3.63) is 34.9 Å². The van der Waals surface area contributed by atoms with Crippen molar-refractivity contribution in [3.63, 3.8) is 0 Å². The van der Waals surface area contributed by atoms with E-state index in [9.17, 15) is 4.79 Å². The lowest BCUT2D eigenvalue weighted by atomic mass is 10.0. The average Bonchev–Trinajstić information content (AvgIpc) is 3.13. The first kappa shape index (κ1) is 13.0. The van der Waals surface area contributed by atoms with E-state index in [1.807, 2.05) is 32.0 Å². The number of thiocarbonyl (C=S) groups is 1. The van der Waals surface area contributed by atoms with Crippen LogP contribution in [0.5, 0.6) is 0 Å². The molecule has 0 bridgehead atoms. The molecule has 1 aromatic carbocycles. The molecule has 1 atom stereocenters. The van der Waals surface area contributed by atoms with E-state index in [4.69, 9.17) is 18.0 Å². The van der Waals surface area contributed by atoms with E-state index in [2.05, 4.69) is 5.32 Å². The van der Waals surface area contributed by atoms with Crippen LogP contribution in [0.2, 0.25) is 0 Å². The van der Waals surface area contributed by atoms with Crippen LogP contribution in [0.25, 0.3) is 0 Å². The SMILES string of the molecule is Cc1cccc(C(=O)NC(C(N)=S)C2CC2)c1C. The summed E-state index contributed by atoms with van der Waals surface area (Å²) >= 11 is 5.02. The fourth-order valence-corrected chi connectivity index (χ4v) is 2.32. The molecule has 3 nitrogen and oxygen atoms in total. The number of aryl methyl sites for hydroxylation is 1. The maximum atomic E-state index is 12.2. The Morgan fingerprint density at radius 2 is 2.11 bits per heavy atom. The zero-order valence-corrected chi connectivity index (χ0v) is 11.5. The summed E-state index contributed by atoms with van der Waals surface area (Å²) in [5.41, 5.74) is 8.51. The van der Waals surface area contributed by atoms with E-state index >= 15 is 0 Å². The number of hydrogen-bond acceptors (Lipinski definition) is 2. The van der Waals surface area contributed by atoms with Crippen LogP contribution in [-0.2, 0) is 0 Å². The third-order valence-electron chi connectivity index (χ3n) is 3.54. The van der Waals surface area contributed by atoms with Gasteiger partial charge >= 0.3 is 0 Å². The molecule has 1 aliphatic carbocycles. The molecular weight excluding hydrogens is 244 g/mol. The van der Waals surface area contributed by atoms with Gasteiger partial charge in [0.1, 0.15) is 0 Å². The Morgan fingerprint density at radius 1 is 1.44 bits per heavy atom. The van der Waals surface area contributed by atoms with Crippen LogP contribution in [0, 0.1) is 19.8 Å². The Labute approximate surface area is 113 Å². The van der Waals surface area contributed by atoms with Crippen LogP contribution in [0.1, 0.15) is 34.3 Å². The second-order valence-corrected chi connectivity index (χ2v) is 5.41. The molecule has 1 saturated carbocycles.